The number of hydrogen-bond donors (Lipinski definition) is 2. The molecule has 1 rings (SSSR count). The van der Waals surface area contributed by atoms with Crippen LogP contribution in [0.4, 0.5) is 0 Å². The molecule has 0 radical (unpaired) electrons. The smallest absolute Gasteiger partial charge is 0.153 e. The predicted octanol–water partition coefficient (Wildman–Crippen LogP) is 1.08. The lowest BCUT2D eigenvalue weighted by Gasteiger charge is -2.20. The van der Waals surface area contributed by atoms with Gasteiger partial charge in [0, 0.05) is 18.9 Å². The van der Waals surface area contributed by atoms with Crippen LogP contribution in [-0.2, 0) is 6.42 Å². The van der Waals surface area contributed by atoms with Crippen molar-refractivity contribution in [3.63, 3.8) is 0 Å². The fourth-order valence-corrected chi connectivity index (χ4v) is 1.68. The highest BCUT2D eigenvalue weighted by atomic mass is 16.4. The van der Waals surface area contributed by atoms with Crippen LogP contribution in [0.1, 0.15) is 18.9 Å². The first-order chi connectivity index (χ1) is 8.26. The molecule has 5 nitrogen and oxygen atoms in total. The molecular weight excluding hydrogens is 216 g/mol. The fourth-order valence-electron chi connectivity index (χ4n) is 1.68. The van der Waals surface area contributed by atoms with Gasteiger partial charge in [-0.1, -0.05) is 18.1 Å². The van der Waals surface area contributed by atoms with Crippen molar-refractivity contribution in [2.45, 2.75) is 19.8 Å². The summed E-state index contributed by atoms with van der Waals surface area (Å²) < 4.78 is 0. The zero-order chi connectivity index (χ0) is 12.5. The largest absolute Gasteiger partial charge is 0.409 e. The molecule has 0 saturated heterocycles. The van der Waals surface area contributed by atoms with Crippen molar-refractivity contribution in [3.05, 3.63) is 30.1 Å². The van der Waals surface area contributed by atoms with Crippen LogP contribution in [0.3, 0.4) is 0 Å². The Balaban J connectivity index is 2.44. The number of nitrogens with zero attached hydrogens (tertiary/aromatic N) is 3. The average molecular weight is 236 g/mol. The zero-order valence-corrected chi connectivity index (χ0v) is 10.2. The van der Waals surface area contributed by atoms with Crippen LogP contribution in [0.5, 0.6) is 0 Å². The minimum Gasteiger partial charge on any atom is -0.409 e. The second kappa shape index (κ2) is 7.62. The van der Waals surface area contributed by atoms with E-state index >= 15 is 0 Å². The minimum atomic E-state index is 0.254. The summed E-state index contributed by atoms with van der Waals surface area (Å²) in [5.41, 5.74) is 6.72. The summed E-state index contributed by atoms with van der Waals surface area (Å²) in [7, 11) is 0. The number of hydrogen-bond acceptors (Lipinski definition) is 4. The van der Waals surface area contributed by atoms with E-state index in [1.165, 1.54) is 5.56 Å². The molecule has 5 heteroatoms. The monoisotopic (exact) mass is 236 g/mol. The summed E-state index contributed by atoms with van der Waals surface area (Å²) in [6.45, 7) is 4.44. The van der Waals surface area contributed by atoms with Crippen LogP contribution in [0.2, 0.25) is 0 Å². The summed E-state index contributed by atoms with van der Waals surface area (Å²) in [6, 6.07) is 3.99. The maximum atomic E-state index is 8.56. The lowest BCUT2D eigenvalue weighted by Crippen LogP contribution is -2.36. The van der Waals surface area contributed by atoms with E-state index in [9.17, 15) is 0 Å². The zero-order valence-electron chi connectivity index (χ0n) is 10.2. The molecule has 0 spiro atoms. The van der Waals surface area contributed by atoms with Gasteiger partial charge in [0.25, 0.3) is 0 Å². The highest BCUT2D eigenvalue weighted by Gasteiger charge is 2.06. The number of rotatable bonds is 7. The van der Waals surface area contributed by atoms with Crippen LogP contribution in [0, 0.1) is 0 Å². The van der Waals surface area contributed by atoms with Crippen molar-refractivity contribution < 1.29 is 5.21 Å². The average Bonchev–Trinajstić information content (AvgIpc) is 2.37. The summed E-state index contributed by atoms with van der Waals surface area (Å²) >= 11 is 0. The molecule has 1 aromatic rings. The van der Waals surface area contributed by atoms with Crippen molar-refractivity contribution in [2.75, 3.05) is 19.6 Å². The number of oxime groups is 1. The van der Waals surface area contributed by atoms with Gasteiger partial charge in [-0.25, -0.2) is 0 Å². The molecule has 3 N–H and O–H groups in total. The molecule has 0 aliphatic heterocycles. The Morgan fingerprint density at radius 1 is 1.53 bits per heavy atom. The van der Waals surface area contributed by atoms with Crippen molar-refractivity contribution in [2.24, 2.45) is 10.9 Å². The van der Waals surface area contributed by atoms with Gasteiger partial charge in [-0.05, 0) is 31.0 Å². The Kier molecular flexibility index (Phi) is 6.03. The Morgan fingerprint density at radius 3 is 2.94 bits per heavy atom. The van der Waals surface area contributed by atoms with Crippen molar-refractivity contribution in [1.82, 2.24) is 9.88 Å². The van der Waals surface area contributed by atoms with Crippen LogP contribution in [-0.4, -0.2) is 40.6 Å². The van der Waals surface area contributed by atoms with Gasteiger partial charge in [0.15, 0.2) is 5.84 Å². The van der Waals surface area contributed by atoms with Gasteiger partial charge in [0.2, 0.25) is 0 Å². The molecule has 0 saturated carbocycles. The fraction of sp³-hybridized carbons (Fsp3) is 0.500. The summed E-state index contributed by atoms with van der Waals surface area (Å²) in [5.74, 6) is 0.254. The molecule has 0 atom stereocenters. The molecule has 0 aliphatic carbocycles. The quantitative estimate of drug-likeness (QED) is 0.321. The van der Waals surface area contributed by atoms with Gasteiger partial charge in [-0.2, -0.15) is 0 Å². The third kappa shape index (κ3) is 5.31. The predicted molar refractivity (Wildman–Crippen MR) is 68.1 cm³/mol. The molecule has 17 heavy (non-hydrogen) atoms. The van der Waals surface area contributed by atoms with Crippen molar-refractivity contribution in [3.8, 4) is 0 Å². The Morgan fingerprint density at radius 2 is 2.35 bits per heavy atom. The molecule has 0 bridgehead atoms. The first-order valence-electron chi connectivity index (χ1n) is 5.84. The normalized spacial score (nSPS) is 12.0. The van der Waals surface area contributed by atoms with E-state index < -0.39 is 0 Å². The molecule has 94 valence electrons. The molecule has 0 unspecified atom stereocenters. The Hall–Kier alpha value is -1.62. The standard InChI is InChI=1S/C12H20N4O/c1-2-7-16(10-12(13)15-17)8-5-11-4-3-6-14-9-11/h3-4,6,9,17H,2,5,7-8,10H2,1H3,(H2,13,15). The number of nitrogens with two attached hydrogens (primary N) is 1. The Bertz CT molecular complexity index is 340. The summed E-state index contributed by atoms with van der Waals surface area (Å²) in [5, 5.41) is 11.6. The molecule has 0 aliphatic rings. The van der Waals surface area contributed by atoms with Crippen LogP contribution in [0.15, 0.2) is 29.7 Å². The van der Waals surface area contributed by atoms with E-state index in [1.807, 2.05) is 12.3 Å². The van der Waals surface area contributed by atoms with Crippen LogP contribution >= 0.6 is 0 Å². The second-order valence-electron chi connectivity index (χ2n) is 3.98. The van der Waals surface area contributed by atoms with Gasteiger partial charge < -0.3 is 10.9 Å². The molecule has 0 fully saturated rings. The van der Waals surface area contributed by atoms with Crippen molar-refractivity contribution >= 4 is 5.84 Å². The molecule has 0 amide bonds. The van der Waals surface area contributed by atoms with Crippen LogP contribution < -0.4 is 5.73 Å². The number of aromatic nitrogens is 1. The van der Waals surface area contributed by atoms with Crippen LogP contribution in [0.25, 0.3) is 0 Å². The van der Waals surface area contributed by atoms with Gasteiger partial charge in [-0.15, -0.1) is 0 Å². The van der Waals surface area contributed by atoms with E-state index in [-0.39, 0.29) is 5.84 Å². The third-order valence-corrected chi connectivity index (χ3v) is 2.49. The minimum absolute atomic E-state index is 0.254. The first kappa shape index (κ1) is 13.4. The van der Waals surface area contributed by atoms with E-state index in [0.717, 1.165) is 25.9 Å². The number of amidine groups is 1. The summed E-state index contributed by atoms with van der Waals surface area (Å²) in [4.78, 5) is 6.25. The van der Waals surface area contributed by atoms with Crippen molar-refractivity contribution in [1.29, 1.82) is 0 Å². The third-order valence-electron chi connectivity index (χ3n) is 2.49. The van der Waals surface area contributed by atoms with Gasteiger partial charge in [0.05, 0.1) is 6.54 Å². The van der Waals surface area contributed by atoms with Gasteiger partial charge in [0.1, 0.15) is 0 Å². The van der Waals surface area contributed by atoms with Gasteiger partial charge in [-0.3, -0.25) is 9.88 Å². The number of pyridine rings is 1. The highest BCUT2D eigenvalue weighted by Crippen LogP contribution is 2.00. The first-order valence-corrected chi connectivity index (χ1v) is 5.84. The maximum Gasteiger partial charge on any atom is 0.153 e. The van der Waals surface area contributed by atoms with E-state index in [4.69, 9.17) is 10.9 Å². The van der Waals surface area contributed by atoms with E-state index in [2.05, 4.69) is 28.0 Å². The summed E-state index contributed by atoms with van der Waals surface area (Å²) in [6.07, 6.45) is 5.61. The topological polar surface area (TPSA) is 74.7 Å². The SMILES string of the molecule is CCCN(CCc1cccnc1)CC(N)=NO. The second-order valence-corrected chi connectivity index (χ2v) is 3.98. The molecule has 1 heterocycles. The highest BCUT2D eigenvalue weighted by molar-refractivity contribution is 5.81. The molecule has 1 aromatic heterocycles. The molecular formula is C12H20N4O. The Labute approximate surface area is 102 Å². The molecule has 0 aromatic carbocycles. The van der Waals surface area contributed by atoms with Gasteiger partial charge >= 0.3 is 0 Å². The van der Waals surface area contributed by atoms with E-state index in [1.54, 1.807) is 6.20 Å². The lowest BCUT2D eigenvalue weighted by atomic mass is 10.2. The lowest BCUT2D eigenvalue weighted by molar-refractivity contribution is 0.293. The van der Waals surface area contributed by atoms with E-state index in [0.29, 0.717) is 6.54 Å². The maximum absolute atomic E-state index is 8.56.